The Labute approximate surface area is 112 Å². The van der Waals surface area contributed by atoms with Crippen molar-refractivity contribution in [3.63, 3.8) is 0 Å². The van der Waals surface area contributed by atoms with Crippen molar-refractivity contribution in [1.82, 2.24) is 9.97 Å². The third-order valence-electron chi connectivity index (χ3n) is 3.41. The van der Waals surface area contributed by atoms with Gasteiger partial charge in [0.05, 0.1) is 11.1 Å². The Hall–Kier alpha value is -2.95. The van der Waals surface area contributed by atoms with Crippen LogP contribution in [0.25, 0.3) is 16.5 Å². The second-order valence-corrected chi connectivity index (χ2v) is 4.56. The molecule has 0 unspecified atom stereocenters. The molecule has 0 atom stereocenters. The number of benzene rings is 1. The molecule has 3 heterocycles. The fourth-order valence-corrected chi connectivity index (χ4v) is 2.57. The monoisotopic (exact) mass is 263 g/mol. The SMILES string of the molecule is O=C1N=c2ncccc2=C1c1c(O)[nH]c2ccccc12. The van der Waals surface area contributed by atoms with E-state index in [-0.39, 0.29) is 11.8 Å². The van der Waals surface area contributed by atoms with Crippen LogP contribution in [-0.4, -0.2) is 21.0 Å². The predicted octanol–water partition coefficient (Wildman–Crippen LogP) is 0.627. The highest BCUT2D eigenvalue weighted by Crippen LogP contribution is 2.32. The molecule has 96 valence electrons. The summed E-state index contributed by atoms with van der Waals surface area (Å²) in [4.78, 5) is 23.0. The number of hydrogen-bond acceptors (Lipinski definition) is 3. The Kier molecular flexibility index (Phi) is 2.06. The van der Waals surface area contributed by atoms with Gasteiger partial charge in [0.25, 0.3) is 5.91 Å². The minimum Gasteiger partial charge on any atom is -0.494 e. The lowest BCUT2D eigenvalue weighted by Gasteiger charge is -1.99. The predicted molar refractivity (Wildman–Crippen MR) is 72.5 cm³/mol. The molecular formula is C15H9N3O2. The normalized spacial score (nSPS) is 13.6. The molecule has 1 amide bonds. The zero-order valence-electron chi connectivity index (χ0n) is 10.3. The summed E-state index contributed by atoms with van der Waals surface area (Å²) in [5.74, 6) is -0.403. The summed E-state index contributed by atoms with van der Waals surface area (Å²) in [5.41, 5.74) is 2.05. The van der Waals surface area contributed by atoms with Crippen LogP contribution in [0.3, 0.4) is 0 Å². The van der Waals surface area contributed by atoms with Gasteiger partial charge in [-0.3, -0.25) is 4.79 Å². The zero-order chi connectivity index (χ0) is 13.7. The van der Waals surface area contributed by atoms with E-state index in [1.54, 1.807) is 18.3 Å². The number of fused-ring (bicyclic) bond motifs is 2. The third-order valence-corrected chi connectivity index (χ3v) is 3.41. The maximum absolute atomic E-state index is 12.2. The number of amides is 1. The van der Waals surface area contributed by atoms with Crippen LogP contribution in [0.4, 0.5) is 0 Å². The molecule has 4 rings (SSSR count). The Morgan fingerprint density at radius 3 is 2.85 bits per heavy atom. The van der Waals surface area contributed by atoms with Crippen molar-refractivity contribution in [2.45, 2.75) is 0 Å². The fourth-order valence-electron chi connectivity index (χ4n) is 2.57. The summed E-state index contributed by atoms with van der Waals surface area (Å²) in [6.45, 7) is 0. The highest BCUT2D eigenvalue weighted by atomic mass is 16.3. The lowest BCUT2D eigenvalue weighted by atomic mass is 10.0. The number of rotatable bonds is 1. The number of para-hydroxylation sites is 1. The summed E-state index contributed by atoms with van der Waals surface area (Å²) in [7, 11) is 0. The first-order valence-electron chi connectivity index (χ1n) is 6.14. The number of aromatic nitrogens is 2. The molecule has 1 aromatic carbocycles. The summed E-state index contributed by atoms with van der Waals surface area (Å²) in [5, 5.41) is 11.6. The van der Waals surface area contributed by atoms with Gasteiger partial charge in [-0.1, -0.05) is 18.2 Å². The highest BCUT2D eigenvalue weighted by Gasteiger charge is 2.24. The van der Waals surface area contributed by atoms with Crippen molar-refractivity contribution in [3.8, 4) is 5.88 Å². The maximum atomic E-state index is 12.2. The average Bonchev–Trinajstić information content (AvgIpc) is 2.94. The quantitative estimate of drug-likeness (QED) is 0.676. The zero-order valence-corrected chi connectivity index (χ0v) is 10.3. The molecule has 0 saturated carbocycles. The standard InChI is InChI=1S/C15H9N3O2/c19-14-11(8-4-1-2-6-10(8)17-14)12-9-5-3-7-16-13(9)18-15(12)20/h1-7,17,19H. The molecule has 1 aliphatic rings. The number of nitrogens with zero attached hydrogens (tertiary/aromatic N) is 2. The molecule has 0 bridgehead atoms. The van der Waals surface area contributed by atoms with Crippen LogP contribution in [0.2, 0.25) is 0 Å². The Morgan fingerprint density at radius 2 is 1.95 bits per heavy atom. The van der Waals surface area contributed by atoms with Crippen molar-refractivity contribution >= 4 is 22.4 Å². The smallest absolute Gasteiger partial charge is 0.280 e. The van der Waals surface area contributed by atoms with E-state index in [0.717, 1.165) is 10.9 Å². The number of nitrogens with one attached hydrogen (secondary N) is 1. The minimum atomic E-state index is -0.376. The van der Waals surface area contributed by atoms with E-state index in [1.165, 1.54) is 0 Å². The van der Waals surface area contributed by atoms with Gasteiger partial charge >= 0.3 is 0 Å². The number of H-pyrrole nitrogens is 1. The number of aromatic hydroxyl groups is 1. The van der Waals surface area contributed by atoms with Gasteiger partial charge in [0.2, 0.25) is 0 Å². The Balaban J connectivity index is 2.19. The van der Waals surface area contributed by atoms with Crippen LogP contribution in [0.5, 0.6) is 5.88 Å². The van der Waals surface area contributed by atoms with E-state index in [1.807, 2.05) is 24.3 Å². The van der Waals surface area contributed by atoms with E-state index >= 15 is 0 Å². The molecule has 5 nitrogen and oxygen atoms in total. The van der Waals surface area contributed by atoms with Gasteiger partial charge in [-0.05, 0) is 18.2 Å². The Bertz CT molecular complexity index is 986. The second-order valence-electron chi connectivity index (χ2n) is 4.56. The molecule has 3 aromatic rings. The third kappa shape index (κ3) is 1.34. The van der Waals surface area contributed by atoms with Crippen LogP contribution in [0, 0.1) is 0 Å². The van der Waals surface area contributed by atoms with Crippen molar-refractivity contribution in [3.05, 3.63) is 58.9 Å². The van der Waals surface area contributed by atoms with Crippen molar-refractivity contribution in [1.29, 1.82) is 0 Å². The van der Waals surface area contributed by atoms with Gasteiger partial charge in [0.15, 0.2) is 11.4 Å². The molecule has 0 fully saturated rings. The van der Waals surface area contributed by atoms with Gasteiger partial charge < -0.3 is 10.1 Å². The molecule has 2 aromatic heterocycles. The lowest BCUT2D eigenvalue weighted by molar-refractivity contribution is -0.112. The molecule has 0 spiro atoms. The first kappa shape index (κ1) is 10.9. The number of pyridine rings is 1. The molecule has 5 heteroatoms. The van der Waals surface area contributed by atoms with E-state index < -0.39 is 0 Å². The Morgan fingerprint density at radius 1 is 1.10 bits per heavy atom. The van der Waals surface area contributed by atoms with Crippen molar-refractivity contribution < 1.29 is 9.90 Å². The van der Waals surface area contributed by atoms with Crippen LogP contribution < -0.4 is 10.7 Å². The van der Waals surface area contributed by atoms with Gasteiger partial charge in [0, 0.05) is 22.3 Å². The lowest BCUT2D eigenvalue weighted by Crippen LogP contribution is -2.25. The van der Waals surface area contributed by atoms with E-state index in [0.29, 0.717) is 21.8 Å². The molecular weight excluding hydrogens is 254 g/mol. The average molecular weight is 263 g/mol. The minimum absolute atomic E-state index is 0.0264. The highest BCUT2D eigenvalue weighted by molar-refractivity contribution is 6.24. The topological polar surface area (TPSA) is 78.3 Å². The van der Waals surface area contributed by atoms with Crippen molar-refractivity contribution in [2.24, 2.45) is 4.99 Å². The van der Waals surface area contributed by atoms with Gasteiger partial charge in [0.1, 0.15) is 0 Å². The largest absolute Gasteiger partial charge is 0.494 e. The first-order chi connectivity index (χ1) is 9.75. The van der Waals surface area contributed by atoms with E-state index in [4.69, 9.17) is 0 Å². The van der Waals surface area contributed by atoms with Crippen LogP contribution in [-0.2, 0) is 4.79 Å². The number of carbonyl (C=O) groups is 1. The second kappa shape index (κ2) is 3.77. The summed E-state index contributed by atoms with van der Waals surface area (Å²) in [6, 6.07) is 11.0. The number of aromatic amines is 1. The van der Waals surface area contributed by atoms with Crippen molar-refractivity contribution in [2.75, 3.05) is 0 Å². The fraction of sp³-hybridized carbons (Fsp3) is 0. The van der Waals surface area contributed by atoms with E-state index in [9.17, 15) is 9.90 Å². The van der Waals surface area contributed by atoms with Crippen LogP contribution in [0.15, 0.2) is 47.6 Å². The molecule has 0 saturated heterocycles. The van der Waals surface area contributed by atoms with Crippen LogP contribution >= 0.6 is 0 Å². The van der Waals surface area contributed by atoms with Gasteiger partial charge in [-0.2, -0.15) is 4.99 Å². The van der Waals surface area contributed by atoms with Gasteiger partial charge in [-0.25, -0.2) is 4.98 Å². The first-order valence-corrected chi connectivity index (χ1v) is 6.14. The molecule has 0 radical (unpaired) electrons. The summed E-state index contributed by atoms with van der Waals surface area (Å²) in [6.07, 6.45) is 1.59. The number of hydrogen-bond donors (Lipinski definition) is 2. The number of carbonyl (C=O) groups excluding carboxylic acids is 1. The summed E-state index contributed by atoms with van der Waals surface area (Å²) >= 11 is 0. The van der Waals surface area contributed by atoms with Crippen LogP contribution in [0.1, 0.15) is 5.56 Å². The molecule has 20 heavy (non-hydrogen) atoms. The maximum Gasteiger partial charge on any atom is 0.280 e. The molecule has 0 aliphatic carbocycles. The molecule has 2 N–H and O–H groups in total. The van der Waals surface area contributed by atoms with E-state index in [2.05, 4.69) is 15.0 Å². The summed E-state index contributed by atoms with van der Waals surface area (Å²) < 4.78 is 0. The molecule has 1 aliphatic heterocycles. The van der Waals surface area contributed by atoms with Gasteiger partial charge in [-0.15, -0.1) is 0 Å².